The molecule has 8 heteroatoms. The van der Waals surface area contributed by atoms with Crippen molar-refractivity contribution < 1.29 is 18.0 Å². The topological polar surface area (TPSA) is 95.6 Å². The van der Waals surface area contributed by atoms with Gasteiger partial charge in [0.1, 0.15) is 0 Å². The molecular formula is C21H25N3O4S. The third-order valence-corrected chi connectivity index (χ3v) is 6.91. The SMILES string of the molecule is Cc1ccc(C(=O)NNC(=O)[C@@H]2CCCN(S(=O)(=O)c3ccc(C)cc3)C2)cc1. The summed E-state index contributed by atoms with van der Waals surface area (Å²) >= 11 is 0. The smallest absolute Gasteiger partial charge is 0.269 e. The normalized spacial score (nSPS) is 17.5. The van der Waals surface area contributed by atoms with Crippen LogP contribution in [0.15, 0.2) is 53.4 Å². The van der Waals surface area contributed by atoms with E-state index in [0.29, 0.717) is 24.9 Å². The third kappa shape index (κ3) is 5.02. The number of hydrazine groups is 1. The second-order valence-corrected chi connectivity index (χ2v) is 9.26. The van der Waals surface area contributed by atoms with Crippen LogP contribution in [-0.4, -0.2) is 37.6 Å². The minimum atomic E-state index is -3.66. The van der Waals surface area contributed by atoms with Gasteiger partial charge in [-0.1, -0.05) is 35.4 Å². The van der Waals surface area contributed by atoms with Crippen LogP contribution >= 0.6 is 0 Å². The van der Waals surface area contributed by atoms with E-state index in [-0.39, 0.29) is 11.4 Å². The molecule has 0 spiro atoms. The van der Waals surface area contributed by atoms with Crippen molar-refractivity contribution in [3.05, 3.63) is 65.2 Å². The van der Waals surface area contributed by atoms with E-state index in [2.05, 4.69) is 10.9 Å². The Morgan fingerprint density at radius 1 is 0.931 bits per heavy atom. The Morgan fingerprint density at radius 3 is 2.14 bits per heavy atom. The summed E-state index contributed by atoms with van der Waals surface area (Å²) < 4.78 is 27.1. The molecule has 1 aliphatic heterocycles. The van der Waals surface area contributed by atoms with Gasteiger partial charge in [-0.05, 0) is 51.0 Å². The first-order valence-electron chi connectivity index (χ1n) is 9.51. The predicted octanol–water partition coefficient (Wildman–Crippen LogP) is 2.17. The summed E-state index contributed by atoms with van der Waals surface area (Å²) in [5.74, 6) is -1.34. The van der Waals surface area contributed by atoms with Crippen LogP contribution < -0.4 is 10.9 Å². The molecular weight excluding hydrogens is 390 g/mol. The summed E-state index contributed by atoms with van der Waals surface area (Å²) in [4.78, 5) is 24.9. The van der Waals surface area contributed by atoms with Crippen LogP contribution in [0.4, 0.5) is 0 Å². The molecule has 1 atom stereocenters. The molecule has 2 N–H and O–H groups in total. The number of carbonyl (C=O) groups excluding carboxylic acids is 2. The average molecular weight is 416 g/mol. The lowest BCUT2D eigenvalue weighted by atomic mass is 9.99. The monoisotopic (exact) mass is 415 g/mol. The van der Waals surface area contributed by atoms with Crippen LogP contribution in [-0.2, 0) is 14.8 Å². The van der Waals surface area contributed by atoms with Crippen molar-refractivity contribution in [2.24, 2.45) is 5.92 Å². The Balaban J connectivity index is 1.61. The fraction of sp³-hybridized carbons (Fsp3) is 0.333. The number of benzene rings is 2. The van der Waals surface area contributed by atoms with Crippen LogP contribution in [0, 0.1) is 19.8 Å². The van der Waals surface area contributed by atoms with Gasteiger partial charge in [0.25, 0.3) is 5.91 Å². The summed E-state index contributed by atoms with van der Waals surface area (Å²) in [5, 5.41) is 0. The van der Waals surface area contributed by atoms with Crippen molar-refractivity contribution in [1.29, 1.82) is 0 Å². The van der Waals surface area contributed by atoms with Crippen LogP contribution in [0.5, 0.6) is 0 Å². The number of hydrogen-bond donors (Lipinski definition) is 2. The minimum Gasteiger partial charge on any atom is -0.273 e. The van der Waals surface area contributed by atoms with Gasteiger partial charge in [0, 0.05) is 18.7 Å². The standard InChI is InChI=1S/C21H25N3O4S/c1-15-5-9-17(10-6-15)20(25)22-23-21(26)18-4-3-13-24(14-18)29(27,28)19-11-7-16(2)8-12-19/h5-12,18H,3-4,13-14H2,1-2H3,(H,22,25)(H,23,26)/t18-/m1/s1. The highest BCUT2D eigenvalue weighted by atomic mass is 32.2. The molecule has 0 radical (unpaired) electrons. The molecule has 0 saturated carbocycles. The van der Waals surface area contributed by atoms with E-state index in [4.69, 9.17) is 0 Å². The quantitative estimate of drug-likeness (QED) is 0.748. The van der Waals surface area contributed by atoms with Gasteiger partial charge in [-0.3, -0.25) is 20.4 Å². The fourth-order valence-corrected chi connectivity index (χ4v) is 4.76. The molecule has 0 aliphatic carbocycles. The number of sulfonamides is 1. The zero-order valence-corrected chi connectivity index (χ0v) is 17.3. The molecule has 1 aliphatic rings. The van der Waals surface area contributed by atoms with Crippen molar-refractivity contribution in [3.63, 3.8) is 0 Å². The van der Waals surface area contributed by atoms with Crippen molar-refractivity contribution in [2.45, 2.75) is 31.6 Å². The maximum atomic E-state index is 12.9. The van der Waals surface area contributed by atoms with E-state index >= 15 is 0 Å². The second kappa shape index (κ2) is 8.75. The van der Waals surface area contributed by atoms with Gasteiger partial charge in [0.15, 0.2) is 0 Å². The van der Waals surface area contributed by atoms with Gasteiger partial charge in [-0.2, -0.15) is 4.31 Å². The Kier molecular flexibility index (Phi) is 6.34. The number of amides is 2. The summed E-state index contributed by atoms with van der Waals surface area (Å²) in [6.07, 6.45) is 1.14. The first-order valence-corrected chi connectivity index (χ1v) is 10.9. The zero-order valence-electron chi connectivity index (χ0n) is 16.5. The predicted molar refractivity (Wildman–Crippen MR) is 109 cm³/mol. The molecule has 1 fully saturated rings. The summed E-state index contributed by atoms with van der Waals surface area (Å²) in [6.45, 7) is 4.27. The van der Waals surface area contributed by atoms with E-state index < -0.39 is 27.8 Å². The molecule has 2 aromatic carbocycles. The average Bonchev–Trinajstić information content (AvgIpc) is 2.72. The first-order chi connectivity index (χ1) is 13.8. The Morgan fingerprint density at radius 2 is 1.52 bits per heavy atom. The largest absolute Gasteiger partial charge is 0.273 e. The number of aryl methyl sites for hydroxylation is 2. The maximum absolute atomic E-state index is 12.9. The molecule has 29 heavy (non-hydrogen) atoms. The van der Waals surface area contributed by atoms with E-state index in [1.54, 1.807) is 36.4 Å². The number of piperidine rings is 1. The summed E-state index contributed by atoms with van der Waals surface area (Å²) in [5.41, 5.74) is 7.26. The molecule has 0 unspecified atom stereocenters. The van der Waals surface area contributed by atoms with Crippen LogP contribution in [0.1, 0.15) is 34.3 Å². The van der Waals surface area contributed by atoms with Crippen LogP contribution in [0.25, 0.3) is 0 Å². The molecule has 1 heterocycles. The lowest BCUT2D eigenvalue weighted by Gasteiger charge is -2.31. The number of nitrogens with one attached hydrogen (secondary N) is 2. The highest BCUT2D eigenvalue weighted by Crippen LogP contribution is 2.24. The lowest BCUT2D eigenvalue weighted by molar-refractivity contribution is -0.126. The fourth-order valence-electron chi connectivity index (χ4n) is 3.23. The second-order valence-electron chi connectivity index (χ2n) is 7.32. The molecule has 0 bridgehead atoms. The van der Waals surface area contributed by atoms with Gasteiger partial charge in [0.2, 0.25) is 15.9 Å². The van der Waals surface area contributed by atoms with Gasteiger partial charge < -0.3 is 0 Å². The van der Waals surface area contributed by atoms with Crippen molar-refractivity contribution >= 4 is 21.8 Å². The molecule has 2 amide bonds. The Labute approximate surface area is 171 Å². The minimum absolute atomic E-state index is 0.0858. The van der Waals surface area contributed by atoms with Gasteiger partial charge >= 0.3 is 0 Å². The highest BCUT2D eigenvalue weighted by molar-refractivity contribution is 7.89. The zero-order chi connectivity index (χ0) is 21.0. The number of rotatable bonds is 4. The van der Waals surface area contributed by atoms with E-state index in [1.165, 1.54) is 4.31 Å². The molecule has 7 nitrogen and oxygen atoms in total. The molecule has 1 saturated heterocycles. The first kappa shape index (κ1) is 21.0. The van der Waals surface area contributed by atoms with Crippen molar-refractivity contribution in [3.8, 4) is 0 Å². The molecule has 3 rings (SSSR count). The van der Waals surface area contributed by atoms with Gasteiger partial charge in [0.05, 0.1) is 10.8 Å². The highest BCUT2D eigenvalue weighted by Gasteiger charge is 2.33. The summed E-state index contributed by atoms with van der Waals surface area (Å²) in [6, 6.07) is 13.6. The number of nitrogens with zero attached hydrogens (tertiary/aromatic N) is 1. The van der Waals surface area contributed by atoms with Gasteiger partial charge in [-0.25, -0.2) is 8.42 Å². The molecule has 0 aromatic heterocycles. The summed E-state index contributed by atoms with van der Waals surface area (Å²) in [7, 11) is -3.66. The Bertz CT molecular complexity index is 986. The number of carbonyl (C=O) groups is 2. The molecule has 154 valence electrons. The Hall–Kier alpha value is -2.71. The number of hydrogen-bond acceptors (Lipinski definition) is 4. The third-order valence-electron chi connectivity index (χ3n) is 5.03. The molecule has 2 aromatic rings. The van der Waals surface area contributed by atoms with Crippen LogP contribution in [0.3, 0.4) is 0 Å². The van der Waals surface area contributed by atoms with E-state index in [0.717, 1.165) is 11.1 Å². The van der Waals surface area contributed by atoms with Crippen molar-refractivity contribution in [2.75, 3.05) is 13.1 Å². The van der Waals surface area contributed by atoms with Gasteiger partial charge in [-0.15, -0.1) is 0 Å². The lowest BCUT2D eigenvalue weighted by Crippen LogP contribution is -2.50. The maximum Gasteiger partial charge on any atom is 0.269 e. The van der Waals surface area contributed by atoms with E-state index in [1.807, 2.05) is 26.0 Å². The van der Waals surface area contributed by atoms with Crippen molar-refractivity contribution in [1.82, 2.24) is 15.2 Å². The van der Waals surface area contributed by atoms with Crippen LogP contribution in [0.2, 0.25) is 0 Å². The van der Waals surface area contributed by atoms with E-state index in [9.17, 15) is 18.0 Å².